The zero-order valence-electron chi connectivity index (χ0n) is 10.2. The number of carbonyl (C=O) groups is 1. The normalized spacial score (nSPS) is 10.1. The summed E-state index contributed by atoms with van der Waals surface area (Å²) in [4.78, 5) is 11.2. The fraction of sp³-hybridized carbons (Fsp3) is 0.133. The summed E-state index contributed by atoms with van der Waals surface area (Å²) < 4.78 is 0. The molecule has 2 aromatic rings. The highest BCUT2D eigenvalue weighted by molar-refractivity contribution is 5.89. The Morgan fingerprint density at radius 3 is 2.50 bits per heavy atom. The Morgan fingerprint density at radius 2 is 1.83 bits per heavy atom. The monoisotopic (exact) mass is 241 g/mol. The van der Waals surface area contributed by atoms with Gasteiger partial charge in [-0.15, -0.1) is 0 Å². The third-order valence-corrected chi connectivity index (χ3v) is 2.88. The van der Waals surface area contributed by atoms with Crippen LogP contribution in [-0.2, 0) is 6.54 Å². The number of para-hydroxylation sites is 1. The van der Waals surface area contributed by atoms with E-state index in [9.17, 15) is 4.79 Å². The Morgan fingerprint density at radius 1 is 1.11 bits per heavy atom. The number of carboxylic acids is 1. The first-order valence-electron chi connectivity index (χ1n) is 5.79. The van der Waals surface area contributed by atoms with E-state index >= 15 is 0 Å². The average Bonchev–Trinajstić information content (AvgIpc) is 2.38. The van der Waals surface area contributed by atoms with Crippen molar-refractivity contribution in [1.29, 1.82) is 0 Å². The van der Waals surface area contributed by atoms with Crippen molar-refractivity contribution in [1.82, 2.24) is 0 Å². The van der Waals surface area contributed by atoms with Gasteiger partial charge in [0.1, 0.15) is 0 Å². The summed E-state index contributed by atoms with van der Waals surface area (Å²) in [6, 6.07) is 15.1. The second-order valence-corrected chi connectivity index (χ2v) is 4.13. The minimum atomic E-state index is -0.886. The van der Waals surface area contributed by atoms with Crippen LogP contribution in [0.1, 0.15) is 21.5 Å². The summed E-state index contributed by atoms with van der Waals surface area (Å²) in [6.45, 7) is 2.44. The summed E-state index contributed by atoms with van der Waals surface area (Å²) in [5, 5.41) is 12.4. The highest BCUT2D eigenvalue weighted by atomic mass is 16.4. The van der Waals surface area contributed by atoms with E-state index < -0.39 is 5.97 Å². The molecular weight excluding hydrogens is 226 g/mol. The van der Waals surface area contributed by atoms with Crippen LogP contribution in [0.15, 0.2) is 48.5 Å². The molecule has 0 amide bonds. The van der Waals surface area contributed by atoms with E-state index in [4.69, 9.17) is 5.11 Å². The highest BCUT2D eigenvalue weighted by Crippen LogP contribution is 2.16. The van der Waals surface area contributed by atoms with Crippen LogP contribution >= 0.6 is 0 Å². The molecule has 0 bridgehead atoms. The molecule has 0 spiro atoms. The van der Waals surface area contributed by atoms with Crippen molar-refractivity contribution in [2.45, 2.75) is 13.5 Å². The summed E-state index contributed by atoms with van der Waals surface area (Å²) in [6.07, 6.45) is 0. The van der Waals surface area contributed by atoms with Crippen molar-refractivity contribution in [3.05, 3.63) is 65.2 Å². The first kappa shape index (κ1) is 12.2. The van der Waals surface area contributed by atoms with Gasteiger partial charge in [-0.25, -0.2) is 4.79 Å². The minimum absolute atomic E-state index is 0.360. The summed E-state index contributed by atoms with van der Waals surface area (Å²) in [7, 11) is 0. The molecule has 0 aliphatic heterocycles. The van der Waals surface area contributed by atoms with Crippen molar-refractivity contribution < 1.29 is 9.90 Å². The molecule has 0 saturated heterocycles. The molecule has 0 fully saturated rings. The van der Waals surface area contributed by atoms with Crippen LogP contribution in [0.4, 0.5) is 5.69 Å². The smallest absolute Gasteiger partial charge is 0.336 e. The van der Waals surface area contributed by atoms with Crippen molar-refractivity contribution in [2.75, 3.05) is 5.32 Å². The van der Waals surface area contributed by atoms with Gasteiger partial charge < -0.3 is 10.4 Å². The quantitative estimate of drug-likeness (QED) is 0.863. The lowest BCUT2D eigenvalue weighted by Crippen LogP contribution is -2.09. The number of aromatic carboxylic acids is 1. The molecule has 0 heterocycles. The molecule has 3 heteroatoms. The number of anilines is 1. The number of aryl methyl sites for hydroxylation is 1. The summed E-state index contributed by atoms with van der Waals surface area (Å²) >= 11 is 0. The van der Waals surface area contributed by atoms with Crippen LogP contribution in [0.5, 0.6) is 0 Å². The maximum absolute atomic E-state index is 11.2. The van der Waals surface area contributed by atoms with Gasteiger partial charge in [0.15, 0.2) is 0 Å². The zero-order chi connectivity index (χ0) is 13.0. The van der Waals surface area contributed by atoms with E-state index in [2.05, 4.69) is 5.32 Å². The third kappa shape index (κ3) is 2.69. The molecule has 0 aliphatic rings. The molecule has 0 atom stereocenters. The van der Waals surface area contributed by atoms with Gasteiger partial charge >= 0.3 is 5.97 Å². The van der Waals surface area contributed by atoms with E-state index in [1.54, 1.807) is 12.1 Å². The zero-order valence-corrected chi connectivity index (χ0v) is 10.2. The molecule has 18 heavy (non-hydrogen) atoms. The van der Waals surface area contributed by atoms with Crippen molar-refractivity contribution in [3.8, 4) is 0 Å². The van der Waals surface area contributed by atoms with Crippen LogP contribution in [0, 0.1) is 6.92 Å². The molecule has 2 rings (SSSR count). The van der Waals surface area contributed by atoms with Crippen molar-refractivity contribution in [2.24, 2.45) is 0 Å². The Kier molecular flexibility index (Phi) is 3.63. The van der Waals surface area contributed by atoms with Gasteiger partial charge in [-0.3, -0.25) is 0 Å². The summed E-state index contributed by atoms with van der Waals surface area (Å²) in [5.41, 5.74) is 3.16. The topological polar surface area (TPSA) is 49.3 Å². The Balaban J connectivity index is 2.21. The molecule has 3 nitrogen and oxygen atoms in total. The van der Waals surface area contributed by atoms with Gasteiger partial charge in [-0.1, -0.05) is 30.3 Å². The second kappa shape index (κ2) is 5.36. The number of rotatable bonds is 4. The molecule has 92 valence electrons. The minimum Gasteiger partial charge on any atom is -0.478 e. The highest BCUT2D eigenvalue weighted by Gasteiger charge is 2.11. The molecular formula is C15H15NO2. The molecule has 0 unspecified atom stereocenters. The second-order valence-electron chi connectivity index (χ2n) is 4.13. The Hall–Kier alpha value is -2.29. The van der Waals surface area contributed by atoms with Crippen LogP contribution in [0.3, 0.4) is 0 Å². The van der Waals surface area contributed by atoms with Crippen LogP contribution in [0.25, 0.3) is 0 Å². The van der Waals surface area contributed by atoms with Crippen LogP contribution < -0.4 is 5.32 Å². The van der Waals surface area contributed by atoms with Gasteiger partial charge in [0, 0.05) is 12.2 Å². The fourth-order valence-corrected chi connectivity index (χ4v) is 1.88. The van der Waals surface area contributed by atoms with E-state index in [-0.39, 0.29) is 0 Å². The van der Waals surface area contributed by atoms with Crippen LogP contribution in [-0.4, -0.2) is 11.1 Å². The fourth-order valence-electron chi connectivity index (χ4n) is 1.88. The maximum Gasteiger partial charge on any atom is 0.336 e. The number of benzene rings is 2. The largest absolute Gasteiger partial charge is 0.478 e. The van der Waals surface area contributed by atoms with Gasteiger partial charge in [0.25, 0.3) is 0 Å². The number of hydrogen-bond acceptors (Lipinski definition) is 2. The molecule has 0 aliphatic carbocycles. The number of carboxylic acid groups (broad SMARTS) is 1. The molecule has 2 N–H and O–H groups in total. The predicted molar refractivity (Wildman–Crippen MR) is 71.9 cm³/mol. The number of hydrogen-bond donors (Lipinski definition) is 2. The lowest BCUT2D eigenvalue weighted by Gasteiger charge is -2.11. The molecule has 0 saturated carbocycles. The number of nitrogens with one attached hydrogen (secondary N) is 1. The van der Waals surface area contributed by atoms with Gasteiger partial charge in [0.05, 0.1) is 5.56 Å². The molecule has 2 aromatic carbocycles. The van der Waals surface area contributed by atoms with Crippen molar-refractivity contribution >= 4 is 11.7 Å². The first-order valence-corrected chi connectivity index (χ1v) is 5.79. The van der Waals surface area contributed by atoms with E-state index in [0.717, 1.165) is 16.8 Å². The molecule has 0 aromatic heterocycles. The van der Waals surface area contributed by atoms with Gasteiger partial charge in [-0.05, 0) is 36.2 Å². The van der Waals surface area contributed by atoms with E-state index in [1.165, 1.54) is 0 Å². The standard InChI is InChI=1S/C15H15NO2/c1-11-6-5-9-13(15(17)18)14(11)10-16-12-7-3-2-4-8-12/h2-9,16H,10H2,1H3,(H,17,18). The molecule has 0 radical (unpaired) electrons. The Bertz CT molecular complexity index is 550. The van der Waals surface area contributed by atoms with E-state index in [1.807, 2.05) is 43.3 Å². The summed E-state index contributed by atoms with van der Waals surface area (Å²) in [5.74, 6) is -0.886. The Labute approximate surface area is 106 Å². The lowest BCUT2D eigenvalue weighted by atomic mass is 10.0. The third-order valence-electron chi connectivity index (χ3n) is 2.88. The van der Waals surface area contributed by atoms with Gasteiger partial charge in [0.2, 0.25) is 0 Å². The maximum atomic E-state index is 11.2. The van der Waals surface area contributed by atoms with Gasteiger partial charge in [-0.2, -0.15) is 0 Å². The SMILES string of the molecule is Cc1cccc(C(=O)O)c1CNc1ccccc1. The average molecular weight is 241 g/mol. The first-order chi connectivity index (χ1) is 8.68. The van der Waals surface area contributed by atoms with Crippen molar-refractivity contribution in [3.63, 3.8) is 0 Å². The van der Waals surface area contributed by atoms with Crippen LogP contribution in [0.2, 0.25) is 0 Å². The predicted octanol–water partition coefficient (Wildman–Crippen LogP) is 3.31. The van der Waals surface area contributed by atoms with E-state index in [0.29, 0.717) is 12.1 Å². The lowest BCUT2D eigenvalue weighted by molar-refractivity contribution is 0.0695.